The van der Waals surface area contributed by atoms with Gasteiger partial charge in [0.2, 0.25) is 5.91 Å². The van der Waals surface area contributed by atoms with E-state index >= 15 is 0 Å². The predicted molar refractivity (Wildman–Crippen MR) is 113 cm³/mol. The molecule has 0 radical (unpaired) electrons. The quantitative estimate of drug-likeness (QED) is 0.536. The number of amides is 1. The zero-order valence-electron chi connectivity index (χ0n) is 15.3. The monoisotopic (exact) mass is 427 g/mol. The number of hydrogen-bond donors (Lipinski definition) is 1. The number of aryl methyl sites for hydroxylation is 1. The molecule has 0 unspecified atom stereocenters. The van der Waals surface area contributed by atoms with Crippen LogP contribution in [0.25, 0.3) is 16.6 Å². The molecule has 1 amide bonds. The molecular formula is C20H15Cl2N5O2. The van der Waals surface area contributed by atoms with E-state index in [1.54, 1.807) is 29.9 Å². The number of carbonyl (C=O) groups is 1. The summed E-state index contributed by atoms with van der Waals surface area (Å²) >= 11 is 11.9. The third-order valence-corrected chi connectivity index (χ3v) is 5.10. The number of halogens is 2. The molecule has 0 fully saturated rings. The molecule has 0 saturated carbocycles. The van der Waals surface area contributed by atoms with Crippen molar-refractivity contribution in [2.45, 2.75) is 13.5 Å². The van der Waals surface area contributed by atoms with Crippen LogP contribution in [0.5, 0.6) is 0 Å². The molecule has 4 aromatic rings. The molecule has 146 valence electrons. The Morgan fingerprint density at radius 3 is 2.59 bits per heavy atom. The van der Waals surface area contributed by atoms with Gasteiger partial charge in [-0.05, 0) is 37.3 Å². The second kappa shape index (κ2) is 7.69. The van der Waals surface area contributed by atoms with Crippen molar-refractivity contribution in [1.29, 1.82) is 0 Å². The van der Waals surface area contributed by atoms with Crippen LogP contribution in [0.4, 0.5) is 5.69 Å². The van der Waals surface area contributed by atoms with Crippen molar-refractivity contribution in [1.82, 2.24) is 19.6 Å². The molecule has 2 aromatic carbocycles. The lowest BCUT2D eigenvalue weighted by molar-refractivity contribution is -0.117. The van der Waals surface area contributed by atoms with E-state index in [4.69, 9.17) is 23.2 Å². The minimum atomic E-state index is -0.414. The van der Waals surface area contributed by atoms with Gasteiger partial charge >= 0.3 is 0 Å². The number of fused-ring (bicyclic) bond motifs is 1. The fourth-order valence-electron chi connectivity index (χ4n) is 3.00. The molecule has 0 aliphatic carbocycles. The van der Waals surface area contributed by atoms with Gasteiger partial charge in [-0.3, -0.25) is 9.59 Å². The number of carbonyl (C=O) groups excluding carboxylic acids is 1. The highest BCUT2D eigenvalue weighted by atomic mass is 35.5. The third-order valence-electron chi connectivity index (χ3n) is 4.36. The van der Waals surface area contributed by atoms with Gasteiger partial charge in [0, 0.05) is 11.1 Å². The highest BCUT2D eigenvalue weighted by Crippen LogP contribution is 2.25. The second-order valence-electron chi connectivity index (χ2n) is 6.38. The fourth-order valence-corrected chi connectivity index (χ4v) is 3.30. The molecule has 9 heteroatoms. The van der Waals surface area contributed by atoms with Crippen LogP contribution >= 0.6 is 23.2 Å². The Morgan fingerprint density at radius 1 is 1.10 bits per heavy atom. The number of hydrogen-bond acceptors (Lipinski definition) is 4. The minimum absolute atomic E-state index is 0.254. The van der Waals surface area contributed by atoms with Crippen molar-refractivity contribution in [2.75, 3.05) is 5.32 Å². The van der Waals surface area contributed by atoms with Crippen molar-refractivity contribution in [3.05, 3.63) is 80.8 Å². The summed E-state index contributed by atoms with van der Waals surface area (Å²) in [4.78, 5) is 25.5. The van der Waals surface area contributed by atoms with Crippen molar-refractivity contribution >= 4 is 45.7 Å². The fraction of sp³-hybridized carbons (Fsp3) is 0.100. The molecule has 0 aliphatic heterocycles. The third kappa shape index (κ3) is 3.74. The molecule has 2 aromatic heterocycles. The molecule has 0 saturated heterocycles. The van der Waals surface area contributed by atoms with E-state index in [0.29, 0.717) is 32.3 Å². The molecule has 0 bridgehead atoms. The van der Waals surface area contributed by atoms with E-state index in [-0.39, 0.29) is 6.54 Å². The summed E-state index contributed by atoms with van der Waals surface area (Å²) in [5, 5.41) is 12.6. The molecular weight excluding hydrogens is 413 g/mol. The normalized spacial score (nSPS) is 11.0. The highest BCUT2D eigenvalue weighted by molar-refractivity contribution is 6.42. The van der Waals surface area contributed by atoms with Crippen molar-refractivity contribution in [3.8, 4) is 5.69 Å². The van der Waals surface area contributed by atoms with Crippen LogP contribution in [0, 0.1) is 6.92 Å². The Balaban J connectivity index is 1.69. The Hall–Kier alpha value is -3.16. The average molecular weight is 428 g/mol. The number of anilines is 1. The van der Waals surface area contributed by atoms with Gasteiger partial charge < -0.3 is 5.32 Å². The maximum Gasteiger partial charge on any atom is 0.293 e. The summed E-state index contributed by atoms with van der Waals surface area (Å²) in [6, 6.07) is 14.1. The molecule has 7 nitrogen and oxygen atoms in total. The van der Waals surface area contributed by atoms with Gasteiger partial charge in [-0.1, -0.05) is 41.4 Å². The number of rotatable bonds is 4. The van der Waals surface area contributed by atoms with Crippen LogP contribution in [-0.4, -0.2) is 25.5 Å². The van der Waals surface area contributed by atoms with Gasteiger partial charge in [0.25, 0.3) is 5.56 Å². The Bertz CT molecular complexity index is 1280. The summed E-state index contributed by atoms with van der Waals surface area (Å²) in [6.45, 7) is 1.52. The van der Waals surface area contributed by atoms with Crippen LogP contribution in [0.2, 0.25) is 10.0 Å². The zero-order chi connectivity index (χ0) is 20.5. The van der Waals surface area contributed by atoms with Gasteiger partial charge in [-0.2, -0.15) is 10.2 Å². The number of para-hydroxylation sites is 1. The topological polar surface area (TPSA) is 81.8 Å². The minimum Gasteiger partial charge on any atom is -0.324 e. The van der Waals surface area contributed by atoms with Gasteiger partial charge in [-0.15, -0.1) is 0 Å². The van der Waals surface area contributed by atoms with Gasteiger partial charge in [0.05, 0.1) is 27.6 Å². The standard InChI is InChI=1S/C20H15Cl2N5O2/c1-12-15-10-23-27(14-5-3-2-4-6-14)19(15)20(29)26(25-12)11-18(28)24-13-7-8-16(21)17(22)9-13/h2-10H,11H2,1H3,(H,24,28). The lowest BCUT2D eigenvalue weighted by Gasteiger charge is -2.10. The Labute approximate surface area is 175 Å². The van der Waals surface area contributed by atoms with Crippen LogP contribution < -0.4 is 10.9 Å². The van der Waals surface area contributed by atoms with E-state index in [1.807, 2.05) is 30.3 Å². The van der Waals surface area contributed by atoms with E-state index in [2.05, 4.69) is 15.5 Å². The molecule has 0 aliphatic rings. The zero-order valence-corrected chi connectivity index (χ0v) is 16.8. The predicted octanol–water partition coefficient (Wildman–Crippen LogP) is 3.84. The van der Waals surface area contributed by atoms with E-state index < -0.39 is 11.5 Å². The van der Waals surface area contributed by atoms with Crippen LogP contribution in [0.15, 0.2) is 59.5 Å². The molecule has 2 heterocycles. The van der Waals surface area contributed by atoms with Crippen LogP contribution in [0.1, 0.15) is 5.69 Å². The van der Waals surface area contributed by atoms with Crippen molar-refractivity contribution in [2.24, 2.45) is 0 Å². The molecule has 1 N–H and O–H groups in total. The lowest BCUT2D eigenvalue weighted by atomic mass is 10.2. The second-order valence-corrected chi connectivity index (χ2v) is 7.19. The highest BCUT2D eigenvalue weighted by Gasteiger charge is 2.16. The number of benzene rings is 2. The average Bonchev–Trinajstić information content (AvgIpc) is 3.15. The first-order valence-electron chi connectivity index (χ1n) is 8.70. The molecule has 4 rings (SSSR count). The van der Waals surface area contributed by atoms with Crippen molar-refractivity contribution in [3.63, 3.8) is 0 Å². The van der Waals surface area contributed by atoms with E-state index in [9.17, 15) is 9.59 Å². The molecule has 29 heavy (non-hydrogen) atoms. The molecule has 0 atom stereocenters. The smallest absolute Gasteiger partial charge is 0.293 e. The first-order valence-corrected chi connectivity index (χ1v) is 9.45. The number of aromatic nitrogens is 4. The van der Waals surface area contributed by atoms with E-state index in [1.165, 1.54) is 6.07 Å². The van der Waals surface area contributed by atoms with Crippen LogP contribution in [0.3, 0.4) is 0 Å². The summed E-state index contributed by atoms with van der Waals surface area (Å²) in [6.07, 6.45) is 1.60. The SMILES string of the molecule is Cc1nn(CC(=O)Nc2ccc(Cl)c(Cl)c2)c(=O)c2c1cnn2-c1ccccc1. The van der Waals surface area contributed by atoms with Crippen molar-refractivity contribution < 1.29 is 4.79 Å². The summed E-state index contributed by atoms with van der Waals surface area (Å²) < 4.78 is 2.69. The van der Waals surface area contributed by atoms with Crippen LogP contribution in [-0.2, 0) is 11.3 Å². The maximum atomic E-state index is 13.0. The van der Waals surface area contributed by atoms with Gasteiger partial charge in [0.15, 0.2) is 0 Å². The lowest BCUT2D eigenvalue weighted by Crippen LogP contribution is -2.31. The first kappa shape index (κ1) is 19.2. The van der Waals surface area contributed by atoms with E-state index in [0.717, 1.165) is 10.4 Å². The number of nitrogens with one attached hydrogen (secondary N) is 1. The Kier molecular flexibility index (Phi) is 5.08. The van der Waals surface area contributed by atoms with Gasteiger partial charge in [0.1, 0.15) is 12.1 Å². The summed E-state index contributed by atoms with van der Waals surface area (Å²) in [5.74, 6) is -0.414. The van der Waals surface area contributed by atoms with Gasteiger partial charge in [-0.25, -0.2) is 9.36 Å². The summed E-state index contributed by atoms with van der Waals surface area (Å²) in [5.41, 5.74) is 1.79. The largest absolute Gasteiger partial charge is 0.324 e. The maximum absolute atomic E-state index is 13.0. The number of nitrogens with zero attached hydrogens (tertiary/aromatic N) is 4. The summed E-state index contributed by atoms with van der Waals surface area (Å²) in [7, 11) is 0. The Morgan fingerprint density at radius 2 is 1.86 bits per heavy atom. The molecule has 0 spiro atoms. The first-order chi connectivity index (χ1) is 13.9.